The fraction of sp³-hybridized carbons (Fsp3) is 0.833. The van der Waals surface area contributed by atoms with E-state index >= 15 is 0 Å². The van der Waals surface area contributed by atoms with Gasteiger partial charge < -0.3 is 20.7 Å². The molecule has 104 valence electrons. The molecule has 2 unspecified atom stereocenters. The number of methoxy groups -OCH3 is 1. The number of hydrogen-bond acceptors (Lipinski definition) is 4. The summed E-state index contributed by atoms with van der Waals surface area (Å²) in [5, 5.41) is 2.68. The summed E-state index contributed by atoms with van der Waals surface area (Å²) in [5.74, 6) is -0.321. The van der Waals surface area contributed by atoms with Crippen LogP contribution in [0.3, 0.4) is 0 Å². The van der Waals surface area contributed by atoms with Gasteiger partial charge >= 0.3 is 0 Å². The number of carbonyl (C=O) groups excluding carboxylic acids is 2. The topological polar surface area (TPSA) is 84.7 Å². The van der Waals surface area contributed by atoms with Crippen LogP contribution in [0.25, 0.3) is 0 Å². The molecule has 0 saturated heterocycles. The normalized spacial score (nSPS) is 22.8. The van der Waals surface area contributed by atoms with Crippen LogP contribution in [0.2, 0.25) is 0 Å². The second-order valence-electron chi connectivity index (χ2n) is 4.74. The van der Waals surface area contributed by atoms with E-state index < -0.39 is 0 Å². The van der Waals surface area contributed by atoms with Gasteiger partial charge in [-0.3, -0.25) is 9.59 Å². The predicted molar refractivity (Wildman–Crippen MR) is 67.8 cm³/mol. The quantitative estimate of drug-likeness (QED) is 0.618. The molecule has 18 heavy (non-hydrogen) atoms. The SMILES string of the molecule is COCCNC(=O)CN(C)C(=O)C1CCCC1N. The summed E-state index contributed by atoms with van der Waals surface area (Å²) in [6.07, 6.45) is 2.71. The summed E-state index contributed by atoms with van der Waals surface area (Å²) in [5.41, 5.74) is 5.88. The Morgan fingerprint density at radius 1 is 1.44 bits per heavy atom. The second-order valence-corrected chi connectivity index (χ2v) is 4.74. The first kappa shape index (κ1) is 14.9. The highest BCUT2D eigenvalue weighted by atomic mass is 16.5. The summed E-state index contributed by atoms with van der Waals surface area (Å²) >= 11 is 0. The van der Waals surface area contributed by atoms with Crippen LogP contribution in [-0.4, -0.2) is 56.6 Å². The maximum absolute atomic E-state index is 12.1. The summed E-state index contributed by atoms with van der Waals surface area (Å²) in [4.78, 5) is 25.1. The minimum atomic E-state index is -0.172. The molecule has 6 heteroatoms. The van der Waals surface area contributed by atoms with E-state index in [1.165, 1.54) is 4.90 Å². The number of rotatable bonds is 6. The molecule has 1 aliphatic rings. The summed E-state index contributed by atoms with van der Waals surface area (Å²) in [7, 11) is 3.21. The largest absolute Gasteiger partial charge is 0.383 e. The molecule has 2 atom stereocenters. The lowest BCUT2D eigenvalue weighted by atomic mass is 10.0. The lowest BCUT2D eigenvalue weighted by molar-refractivity contribution is -0.138. The number of amides is 2. The van der Waals surface area contributed by atoms with Crippen molar-refractivity contribution >= 4 is 11.8 Å². The van der Waals surface area contributed by atoms with Gasteiger partial charge in [-0.25, -0.2) is 0 Å². The van der Waals surface area contributed by atoms with E-state index in [0.29, 0.717) is 13.2 Å². The van der Waals surface area contributed by atoms with Gasteiger partial charge in [0.2, 0.25) is 11.8 Å². The van der Waals surface area contributed by atoms with Crippen molar-refractivity contribution in [3.63, 3.8) is 0 Å². The van der Waals surface area contributed by atoms with Gasteiger partial charge in [0.15, 0.2) is 0 Å². The smallest absolute Gasteiger partial charge is 0.239 e. The molecular weight excluding hydrogens is 234 g/mol. The van der Waals surface area contributed by atoms with E-state index in [0.717, 1.165) is 19.3 Å². The van der Waals surface area contributed by atoms with Crippen molar-refractivity contribution in [2.24, 2.45) is 11.7 Å². The Kier molecular flexibility index (Phi) is 6.07. The van der Waals surface area contributed by atoms with Crippen LogP contribution in [0.15, 0.2) is 0 Å². The number of nitrogens with two attached hydrogens (primary N) is 1. The Morgan fingerprint density at radius 3 is 2.72 bits per heavy atom. The molecule has 0 aromatic carbocycles. The third kappa shape index (κ3) is 4.27. The average Bonchev–Trinajstić information content (AvgIpc) is 2.74. The lowest BCUT2D eigenvalue weighted by Crippen LogP contribution is -2.44. The predicted octanol–water partition coefficient (Wildman–Crippen LogP) is -0.665. The van der Waals surface area contributed by atoms with Gasteiger partial charge in [0.05, 0.1) is 19.1 Å². The Morgan fingerprint density at radius 2 is 2.17 bits per heavy atom. The van der Waals surface area contributed by atoms with Crippen LogP contribution in [0.5, 0.6) is 0 Å². The number of nitrogens with zero attached hydrogens (tertiary/aromatic N) is 1. The fourth-order valence-electron chi connectivity index (χ4n) is 2.22. The minimum Gasteiger partial charge on any atom is -0.383 e. The van der Waals surface area contributed by atoms with Gasteiger partial charge in [-0.1, -0.05) is 6.42 Å². The minimum absolute atomic E-state index is 0.0260. The van der Waals surface area contributed by atoms with Gasteiger partial charge in [-0.05, 0) is 12.8 Å². The first-order valence-electron chi connectivity index (χ1n) is 6.32. The van der Waals surface area contributed by atoms with Crippen molar-refractivity contribution in [1.82, 2.24) is 10.2 Å². The Balaban J connectivity index is 2.32. The van der Waals surface area contributed by atoms with Crippen LogP contribution in [-0.2, 0) is 14.3 Å². The second kappa shape index (κ2) is 7.33. The standard InChI is InChI=1S/C12H23N3O3/c1-15(8-11(16)14-6-7-18-2)12(17)9-4-3-5-10(9)13/h9-10H,3-8,13H2,1-2H3,(H,14,16). The average molecular weight is 257 g/mol. The van der Waals surface area contributed by atoms with E-state index in [2.05, 4.69) is 5.32 Å². The highest BCUT2D eigenvalue weighted by molar-refractivity contribution is 5.86. The zero-order valence-corrected chi connectivity index (χ0v) is 11.1. The van der Waals surface area contributed by atoms with E-state index in [-0.39, 0.29) is 30.3 Å². The Hall–Kier alpha value is -1.14. The zero-order chi connectivity index (χ0) is 13.5. The van der Waals surface area contributed by atoms with Crippen molar-refractivity contribution < 1.29 is 14.3 Å². The molecule has 0 spiro atoms. The van der Waals surface area contributed by atoms with Crippen LogP contribution in [0.1, 0.15) is 19.3 Å². The number of nitrogens with one attached hydrogen (secondary N) is 1. The molecule has 1 rings (SSSR count). The fourth-order valence-corrected chi connectivity index (χ4v) is 2.22. The van der Waals surface area contributed by atoms with E-state index in [4.69, 9.17) is 10.5 Å². The maximum Gasteiger partial charge on any atom is 0.239 e. The third-order valence-electron chi connectivity index (χ3n) is 3.27. The number of carbonyl (C=O) groups is 2. The lowest BCUT2D eigenvalue weighted by Gasteiger charge is -2.22. The zero-order valence-electron chi connectivity index (χ0n) is 11.1. The maximum atomic E-state index is 12.1. The first-order chi connectivity index (χ1) is 8.56. The molecule has 0 aromatic heterocycles. The van der Waals surface area contributed by atoms with Gasteiger partial charge in [-0.2, -0.15) is 0 Å². The van der Waals surface area contributed by atoms with Gasteiger partial charge in [0.1, 0.15) is 0 Å². The Labute approximate surface area is 108 Å². The van der Waals surface area contributed by atoms with Crippen molar-refractivity contribution in [1.29, 1.82) is 0 Å². The van der Waals surface area contributed by atoms with Crippen molar-refractivity contribution in [2.45, 2.75) is 25.3 Å². The van der Waals surface area contributed by atoms with Gasteiger partial charge in [-0.15, -0.1) is 0 Å². The molecule has 6 nitrogen and oxygen atoms in total. The molecule has 3 N–H and O–H groups in total. The Bertz CT molecular complexity index is 296. The van der Waals surface area contributed by atoms with E-state index in [9.17, 15) is 9.59 Å². The molecule has 0 aliphatic heterocycles. The van der Waals surface area contributed by atoms with Crippen LogP contribution in [0, 0.1) is 5.92 Å². The molecule has 1 saturated carbocycles. The summed E-state index contributed by atoms with van der Waals surface area (Å²) in [6.45, 7) is 1.00. The number of ether oxygens (including phenoxy) is 1. The first-order valence-corrected chi connectivity index (χ1v) is 6.32. The molecule has 1 fully saturated rings. The van der Waals surface area contributed by atoms with E-state index in [1.54, 1.807) is 14.2 Å². The van der Waals surface area contributed by atoms with E-state index in [1.807, 2.05) is 0 Å². The van der Waals surface area contributed by atoms with Gasteiger partial charge in [0, 0.05) is 26.7 Å². The molecule has 2 amide bonds. The van der Waals surface area contributed by atoms with Gasteiger partial charge in [0.25, 0.3) is 0 Å². The van der Waals surface area contributed by atoms with Crippen LogP contribution >= 0.6 is 0 Å². The summed E-state index contributed by atoms with van der Waals surface area (Å²) < 4.78 is 4.83. The van der Waals surface area contributed by atoms with Crippen molar-refractivity contribution in [2.75, 3.05) is 33.9 Å². The van der Waals surface area contributed by atoms with Crippen LogP contribution in [0.4, 0.5) is 0 Å². The molecule has 0 aromatic rings. The highest BCUT2D eigenvalue weighted by Gasteiger charge is 2.32. The van der Waals surface area contributed by atoms with Crippen LogP contribution < -0.4 is 11.1 Å². The number of likely N-dealkylation sites (N-methyl/N-ethyl adjacent to an activating group) is 1. The summed E-state index contributed by atoms with van der Waals surface area (Å²) in [6, 6.07) is -0.0588. The molecule has 0 heterocycles. The molecular formula is C12H23N3O3. The van der Waals surface area contributed by atoms with Crippen molar-refractivity contribution in [3.05, 3.63) is 0 Å². The molecule has 0 radical (unpaired) electrons. The van der Waals surface area contributed by atoms with Crippen molar-refractivity contribution in [3.8, 4) is 0 Å². The number of hydrogen-bond donors (Lipinski definition) is 2. The highest BCUT2D eigenvalue weighted by Crippen LogP contribution is 2.25. The monoisotopic (exact) mass is 257 g/mol. The third-order valence-corrected chi connectivity index (χ3v) is 3.27. The molecule has 0 bridgehead atoms. The molecule has 1 aliphatic carbocycles.